The fourth-order valence-corrected chi connectivity index (χ4v) is 3.82. The molecule has 1 aromatic heterocycles. The van der Waals surface area contributed by atoms with Crippen LogP contribution in [0, 0.1) is 6.92 Å². The first-order valence-corrected chi connectivity index (χ1v) is 10.2. The molecule has 0 aliphatic carbocycles. The normalized spacial score (nSPS) is 11.6. The number of esters is 1. The van der Waals surface area contributed by atoms with E-state index in [1.807, 2.05) is 31.2 Å². The monoisotopic (exact) mass is 408 g/mol. The summed E-state index contributed by atoms with van der Waals surface area (Å²) in [6.45, 7) is 4.75. The highest BCUT2D eigenvalue weighted by atomic mass is 32.1. The zero-order valence-corrected chi connectivity index (χ0v) is 17.5. The third kappa shape index (κ3) is 5.23. The van der Waals surface area contributed by atoms with Crippen LogP contribution in [0.5, 0.6) is 0 Å². The maximum Gasteiger partial charge on any atom is 0.348 e. The lowest BCUT2D eigenvalue weighted by Crippen LogP contribution is -2.27. The van der Waals surface area contributed by atoms with Crippen molar-refractivity contribution in [2.24, 2.45) is 0 Å². The Morgan fingerprint density at radius 1 is 1.10 bits per heavy atom. The van der Waals surface area contributed by atoms with Gasteiger partial charge in [-0.05, 0) is 48.6 Å². The zero-order valence-electron chi connectivity index (χ0n) is 16.7. The van der Waals surface area contributed by atoms with Crippen LogP contribution < -0.4 is 10.6 Å². The number of methoxy groups -OCH3 is 1. The maximum absolute atomic E-state index is 12.6. The maximum atomic E-state index is 12.6. The van der Waals surface area contributed by atoms with Gasteiger partial charge in [-0.15, -0.1) is 11.3 Å². The van der Waals surface area contributed by atoms with Crippen LogP contribution in [-0.4, -0.2) is 19.0 Å². The molecule has 3 rings (SSSR count). The molecule has 0 fully saturated rings. The van der Waals surface area contributed by atoms with Crippen molar-refractivity contribution in [3.05, 3.63) is 87.1 Å². The molecule has 0 aliphatic heterocycles. The lowest BCUT2D eigenvalue weighted by Gasteiger charge is -2.15. The molecule has 1 heterocycles. The lowest BCUT2D eigenvalue weighted by atomic mass is 10.1. The molecule has 1 amide bonds. The largest absolute Gasteiger partial charge is 0.465 e. The highest BCUT2D eigenvalue weighted by Gasteiger charge is 2.20. The second-order valence-corrected chi connectivity index (χ2v) is 7.73. The fourth-order valence-electron chi connectivity index (χ4n) is 3.01. The van der Waals surface area contributed by atoms with E-state index in [2.05, 4.69) is 41.8 Å². The molecule has 0 saturated carbocycles. The standard InChI is InChI=1S/C23H24N2O3S/c1-15-5-4-6-17(13-15)14-24-19-9-7-18(8-10-19)16(2)25-22(26)20-11-12-29-21(20)23(27)28-3/h4-13,16,24H,14H2,1-3H3,(H,25,26). The predicted molar refractivity (Wildman–Crippen MR) is 116 cm³/mol. The number of ether oxygens (including phenoxy) is 1. The van der Waals surface area contributed by atoms with Gasteiger partial charge in [-0.25, -0.2) is 4.79 Å². The van der Waals surface area contributed by atoms with E-state index in [9.17, 15) is 9.59 Å². The minimum Gasteiger partial charge on any atom is -0.465 e. The summed E-state index contributed by atoms with van der Waals surface area (Å²) in [5.74, 6) is -0.789. The Kier molecular flexibility index (Phi) is 6.67. The minimum absolute atomic E-state index is 0.196. The van der Waals surface area contributed by atoms with E-state index in [1.54, 1.807) is 11.4 Å². The zero-order chi connectivity index (χ0) is 20.8. The van der Waals surface area contributed by atoms with Crippen LogP contribution in [0.4, 0.5) is 5.69 Å². The Morgan fingerprint density at radius 2 is 1.86 bits per heavy atom. The van der Waals surface area contributed by atoms with Gasteiger partial charge in [-0.3, -0.25) is 4.79 Å². The Bertz CT molecular complexity index is 995. The van der Waals surface area contributed by atoms with Crippen molar-refractivity contribution in [1.82, 2.24) is 5.32 Å². The molecule has 5 nitrogen and oxygen atoms in total. The molecule has 0 spiro atoms. The summed E-state index contributed by atoms with van der Waals surface area (Å²) in [5.41, 5.74) is 4.80. The second kappa shape index (κ2) is 9.39. The van der Waals surface area contributed by atoms with Crippen LogP contribution in [0.3, 0.4) is 0 Å². The number of carbonyl (C=O) groups excluding carboxylic acids is 2. The number of carbonyl (C=O) groups is 2. The molecule has 1 atom stereocenters. The van der Waals surface area contributed by atoms with Gasteiger partial charge in [0.2, 0.25) is 0 Å². The first kappa shape index (κ1) is 20.6. The number of amides is 1. The Balaban J connectivity index is 1.60. The number of nitrogens with one attached hydrogen (secondary N) is 2. The highest BCUT2D eigenvalue weighted by Crippen LogP contribution is 2.21. The summed E-state index contributed by atoms with van der Waals surface area (Å²) in [6, 6.07) is 17.8. The fraction of sp³-hybridized carbons (Fsp3) is 0.217. The topological polar surface area (TPSA) is 67.4 Å². The first-order chi connectivity index (χ1) is 14.0. The molecule has 0 aliphatic rings. The number of anilines is 1. The Labute approximate surface area is 174 Å². The molecule has 2 N–H and O–H groups in total. The molecule has 150 valence electrons. The Morgan fingerprint density at radius 3 is 2.55 bits per heavy atom. The molecule has 2 aromatic carbocycles. The van der Waals surface area contributed by atoms with Crippen LogP contribution in [0.1, 0.15) is 49.7 Å². The van der Waals surface area contributed by atoms with Crippen molar-refractivity contribution in [3.63, 3.8) is 0 Å². The molecular formula is C23H24N2O3S. The van der Waals surface area contributed by atoms with Crippen LogP contribution in [0.15, 0.2) is 60.0 Å². The van der Waals surface area contributed by atoms with Crippen LogP contribution in [0.25, 0.3) is 0 Å². The summed E-state index contributed by atoms with van der Waals surface area (Å²) in [4.78, 5) is 24.6. The van der Waals surface area contributed by atoms with E-state index in [0.29, 0.717) is 10.4 Å². The van der Waals surface area contributed by atoms with Gasteiger partial charge < -0.3 is 15.4 Å². The lowest BCUT2D eigenvalue weighted by molar-refractivity contribution is 0.0602. The van der Waals surface area contributed by atoms with Gasteiger partial charge in [-0.2, -0.15) is 0 Å². The number of hydrogen-bond acceptors (Lipinski definition) is 5. The SMILES string of the molecule is COC(=O)c1sccc1C(=O)NC(C)c1ccc(NCc2cccc(C)c2)cc1. The number of benzene rings is 2. The van der Waals surface area contributed by atoms with Gasteiger partial charge in [0.05, 0.1) is 18.7 Å². The van der Waals surface area contributed by atoms with Gasteiger partial charge >= 0.3 is 5.97 Å². The van der Waals surface area contributed by atoms with Crippen LogP contribution >= 0.6 is 11.3 Å². The summed E-state index contributed by atoms with van der Waals surface area (Å²) in [6.07, 6.45) is 0. The molecule has 0 saturated heterocycles. The van der Waals surface area contributed by atoms with Crippen molar-refractivity contribution in [2.75, 3.05) is 12.4 Å². The van der Waals surface area contributed by atoms with Gasteiger partial charge in [0.25, 0.3) is 5.91 Å². The number of hydrogen-bond donors (Lipinski definition) is 2. The number of thiophene rings is 1. The van der Waals surface area contributed by atoms with E-state index in [1.165, 1.54) is 29.6 Å². The van der Waals surface area contributed by atoms with Crippen molar-refractivity contribution < 1.29 is 14.3 Å². The molecule has 3 aromatic rings. The van der Waals surface area contributed by atoms with E-state index >= 15 is 0 Å². The van der Waals surface area contributed by atoms with Gasteiger partial charge in [-0.1, -0.05) is 42.0 Å². The van der Waals surface area contributed by atoms with E-state index in [-0.39, 0.29) is 11.9 Å². The molecule has 0 radical (unpaired) electrons. The predicted octanol–water partition coefficient (Wildman–Crippen LogP) is 4.95. The summed E-state index contributed by atoms with van der Waals surface area (Å²) >= 11 is 1.20. The first-order valence-electron chi connectivity index (χ1n) is 9.34. The molecular weight excluding hydrogens is 384 g/mol. The third-order valence-electron chi connectivity index (χ3n) is 4.62. The average molecular weight is 409 g/mol. The molecule has 0 bridgehead atoms. The van der Waals surface area contributed by atoms with E-state index < -0.39 is 5.97 Å². The summed E-state index contributed by atoms with van der Waals surface area (Å²) in [7, 11) is 1.31. The van der Waals surface area contributed by atoms with E-state index in [0.717, 1.165) is 17.8 Å². The number of aryl methyl sites for hydroxylation is 1. The quantitative estimate of drug-likeness (QED) is 0.543. The second-order valence-electron chi connectivity index (χ2n) is 6.81. The third-order valence-corrected chi connectivity index (χ3v) is 5.51. The van der Waals surface area contributed by atoms with Gasteiger partial charge in [0, 0.05) is 12.2 Å². The van der Waals surface area contributed by atoms with Gasteiger partial charge in [0.1, 0.15) is 4.88 Å². The smallest absolute Gasteiger partial charge is 0.348 e. The van der Waals surface area contributed by atoms with Crippen molar-refractivity contribution in [1.29, 1.82) is 0 Å². The van der Waals surface area contributed by atoms with E-state index in [4.69, 9.17) is 4.74 Å². The van der Waals surface area contributed by atoms with Crippen molar-refractivity contribution >= 4 is 28.9 Å². The number of rotatable bonds is 7. The van der Waals surface area contributed by atoms with Crippen LogP contribution in [0.2, 0.25) is 0 Å². The molecule has 29 heavy (non-hydrogen) atoms. The summed E-state index contributed by atoms with van der Waals surface area (Å²) < 4.78 is 4.73. The highest BCUT2D eigenvalue weighted by molar-refractivity contribution is 7.12. The van der Waals surface area contributed by atoms with Gasteiger partial charge in [0.15, 0.2) is 0 Å². The Hall–Kier alpha value is -3.12. The average Bonchev–Trinajstić information content (AvgIpc) is 3.22. The van der Waals surface area contributed by atoms with Crippen molar-refractivity contribution in [2.45, 2.75) is 26.4 Å². The minimum atomic E-state index is -0.498. The van der Waals surface area contributed by atoms with Crippen LogP contribution in [-0.2, 0) is 11.3 Å². The summed E-state index contributed by atoms with van der Waals surface area (Å²) in [5, 5.41) is 8.06. The molecule has 1 unspecified atom stereocenters. The van der Waals surface area contributed by atoms with Crippen molar-refractivity contribution in [3.8, 4) is 0 Å². The molecule has 6 heteroatoms.